The van der Waals surface area contributed by atoms with Gasteiger partial charge in [0.05, 0.1) is 12.8 Å². The molecule has 0 heterocycles. The van der Waals surface area contributed by atoms with Crippen LogP contribution in [0.2, 0.25) is 0 Å². The maximum Gasteiger partial charge on any atom is 0.125 e. The predicted molar refractivity (Wildman–Crippen MR) is 65.8 cm³/mol. The van der Waals surface area contributed by atoms with Gasteiger partial charge >= 0.3 is 0 Å². The van der Waals surface area contributed by atoms with Crippen LogP contribution in [-0.4, -0.2) is 18.9 Å². The van der Waals surface area contributed by atoms with E-state index in [-0.39, 0.29) is 0 Å². The smallest absolute Gasteiger partial charge is 0.125 e. The molecule has 16 heavy (non-hydrogen) atoms. The van der Waals surface area contributed by atoms with Crippen LogP contribution in [0.1, 0.15) is 11.7 Å². The Labute approximate surface area is 95.4 Å². The number of allylic oxidation sites excluding steroid dienone is 2. The highest BCUT2D eigenvalue weighted by atomic mass is 16.5. The van der Waals surface area contributed by atoms with Crippen LogP contribution in [0.4, 0.5) is 0 Å². The molecule has 0 aliphatic carbocycles. The Morgan fingerprint density at radius 3 is 2.75 bits per heavy atom. The summed E-state index contributed by atoms with van der Waals surface area (Å²) in [5.74, 6) is 0.619. The molecule has 1 atom stereocenters. The second kappa shape index (κ2) is 5.88. The van der Waals surface area contributed by atoms with Gasteiger partial charge in [-0.3, -0.25) is 4.99 Å². The van der Waals surface area contributed by atoms with Crippen molar-refractivity contribution >= 4 is 6.72 Å². The Hall–Kier alpha value is -1.87. The summed E-state index contributed by atoms with van der Waals surface area (Å²) in [6, 6.07) is 7.24. The fraction of sp³-hybridized carbons (Fsp3) is 0.154. The summed E-state index contributed by atoms with van der Waals surface area (Å²) in [5.41, 5.74) is 1.10. The van der Waals surface area contributed by atoms with Crippen LogP contribution in [0.15, 0.2) is 53.7 Å². The number of aliphatic hydroxyl groups is 1. The van der Waals surface area contributed by atoms with E-state index in [4.69, 9.17) is 4.74 Å². The first kappa shape index (κ1) is 12.2. The van der Waals surface area contributed by atoms with Gasteiger partial charge < -0.3 is 9.84 Å². The van der Waals surface area contributed by atoms with Crippen LogP contribution in [0.25, 0.3) is 0 Å². The van der Waals surface area contributed by atoms with Gasteiger partial charge in [-0.2, -0.15) is 0 Å². The third-order valence-electron chi connectivity index (χ3n) is 2.18. The highest BCUT2D eigenvalue weighted by molar-refractivity contribution is 5.41. The zero-order valence-electron chi connectivity index (χ0n) is 9.26. The first-order valence-electron chi connectivity index (χ1n) is 4.85. The van der Waals surface area contributed by atoms with Gasteiger partial charge in [0.15, 0.2) is 0 Å². The molecule has 0 bridgehead atoms. The lowest BCUT2D eigenvalue weighted by atomic mass is 10.1. The minimum absolute atomic E-state index is 0.444. The van der Waals surface area contributed by atoms with Crippen molar-refractivity contribution in [3.63, 3.8) is 0 Å². The summed E-state index contributed by atoms with van der Waals surface area (Å²) in [7, 11) is 1.56. The summed E-state index contributed by atoms with van der Waals surface area (Å²) in [4.78, 5) is 3.76. The quantitative estimate of drug-likeness (QED) is 0.608. The molecule has 0 radical (unpaired) electrons. The van der Waals surface area contributed by atoms with Gasteiger partial charge in [-0.25, -0.2) is 0 Å². The van der Waals surface area contributed by atoms with E-state index < -0.39 is 6.10 Å². The van der Waals surface area contributed by atoms with Crippen LogP contribution in [0, 0.1) is 0 Å². The number of aliphatic imine (C=N–C) groups is 1. The second-order valence-electron chi connectivity index (χ2n) is 3.13. The lowest BCUT2D eigenvalue weighted by Gasteiger charge is -2.14. The van der Waals surface area contributed by atoms with E-state index in [1.807, 2.05) is 12.1 Å². The molecule has 84 valence electrons. The number of hydrogen-bond acceptors (Lipinski definition) is 3. The molecular formula is C13H15NO2. The van der Waals surface area contributed by atoms with Gasteiger partial charge in [-0.15, -0.1) is 0 Å². The van der Waals surface area contributed by atoms with Crippen molar-refractivity contribution in [2.75, 3.05) is 7.11 Å². The Balaban J connectivity index is 3.12. The molecule has 1 aromatic rings. The van der Waals surface area contributed by atoms with Gasteiger partial charge in [0.2, 0.25) is 0 Å². The molecule has 0 aromatic heterocycles. The van der Waals surface area contributed by atoms with Gasteiger partial charge in [0.1, 0.15) is 11.9 Å². The summed E-state index contributed by atoms with van der Waals surface area (Å²) >= 11 is 0. The first-order valence-corrected chi connectivity index (χ1v) is 4.85. The molecule has 1 unspecified atom stereocenters. The van der Waals surface area contributed by atoms with Crippen molar-refractivity contribution in [3.8, 4) is 5.75 Å². The fourth-order valence-corrected chi connectivity index (χ4v) is 1.40. The monoisotopic (exact) mass is 217 g/mol. The number of aliphatic hydroxyl groups excluding tert-OH is 1. The average Bonchev–Trinajstić information content (AvgIpc) is 2.35. The molecule has 0 aliphatic rings. The van der Waals surface area contributed by atoms with E-state index in [2.05, 4.69) is 18.3 Å². The molecule has 1 aromatic carbocycles. The molecule has 0 amide bonds. The molecule has 0 fully saturated rings. The third-order valence-corrected chi connectivity index (χ3v) is 2.18. The second-order valence-corrected chi connectivity index (χ2v) is 3.13. The Morgan fingerprint density at radius 2 is 2.19 bits per heavy atom. The standard InChI is InChI=1S/C13H15NO2/c1-4-7-11(14-2)13(15)10-8-5-6-9-12(10)16-3/h4-9,13,15H,1-2H2,3H3/b11-7-. The van der Waals surface area contributed by atoms with E-state index in [0.29, 0.717) is 17.0 Å². The normalized spacial score (nSPS) is 13.0. The van der Waals surface area contributed by atoms with E-state index in [1.54, 1.807) is 31.4 Å². The van der Waals surface area contributed by atoms with E-state index in [0.717, 1.165) is 0 Å². The van der Waals surface area contributed by atoms with Gasteiger partial charge in [-0.1, -0.05) is 30.9 Å². The van der Waals surface area contributed by atoms with Crippen LogP contribution in [0.5, 0.6) is 5.75 Å². The molecule has 0 saturated carbocycles. The zero-order chi connectivity index (χ0) is 12.0. The molecule has 1 rings (SSSR count). The minimum Gasteiger partial charge on any atom is -0.496 e. The maximum absolute atomic E-state index is 10.1. The highest BCUT2D eigenvalue weighted by Crippen LogP contribution is 2.29. The first-order chi connectivity index (χ1) is 7.74. The van der Waals surface area contributed by atoms with Crippen LogP contribution in [0.3, 0.4) is 0 Å². The highest BCUT2D eigenvalue weighted by Gasteiger charge is 2.15. The summed E-state index contributed by atoms with van der Waals surface area (Å²) in [6.45, 7) is 6.98. The lowest BCUT2D eigenvalue weighted by molar-refractivity contribution is 0.209. The van der Waals surface area contributed by atoms with Crippen molar-refractivity contribution < 1.29 is 9.84 Å². The molecular weight excluding hydrogens is 202 g/mol. The maximum atomic E-state index is 10.1. The summed E-state index contributed by atoms with van der Waals surface area (Å²) in [6.07, 6.45) is 2.32. The van der Waals surface area contributed by atoms with Gasteiger partial charge in [-0.05, 0) is 18.9 Å². The lowest BCUT2D eigenvalue weighted by Crippen LogP contribution is -2.02. The number of methoxy groups -OCH3 is 1. The van der Waals surface area contributed by atoms with E-state index in [1.165, 1.54) is 0 Å². The summed E-state index contributed by atoms with van der Waals surface area (Å²) < 4.78 is 5.16. The number of benzene rings is 1. The van der Waals surface area contributed by atoms with Crippen LogP contribution < -0.4 is 4.74 Å². The van der Waals surface area contributed by atoms with E-state index in [9.17, 15) is 5.11 Å². The van der Waals surface area contributed by atoms with Crippen LogP contribution in [-0.2, 0) is 0 Å². The van der Waals surface area contributed by atoms with Crippen LogP contribution >= 0.6 is 0 Å². The third kappa shape index (κ3) is 2.58. The molecule has 0 spiro atoms. The average molecular weight is 217 g/mol. The molecule has 3 heteroatoms. The van der Waals surface area contributed by atoms with Crippen molar-refractivity contribution in [3.05, 3.63) is 54.3 Å². The topological polar surface area (TPSA) is 41.8 Å². The van der Waals surface area contributed by atoms with Crippen molar-refractivity contribution in [2.45, 2.75) is 6.10 Å². The fourth-order valence-electron chi connectivity index (χ4n) is 1.40. The van der Waals surface area contributed by atoms with Gasteiger partial charge in [0.25, 0.3) is 0 Å². The summed E-state index contributed by atoms with van der Waals surface area (Å²) in [5, 5.41) is 10.1. The molecule has 0 saturated heterocycles. The van der Waals surface area contributed by atoms with E-state index >= 15 is 0 Å². The van der Waals surface area contributed by atoms with Crippen molar-refractivity contribution in [1.82, 2.24) is 0 Å². The zero-order valence-corrected chi connectivity index (χ0v) is 9.26. The minimum atomic E-state index is -0.855. The number of rotatable bonds is 5. The SMILES string of the molecule is C=C/C=C(\N=C)C(O)c1ccccc1OC. The van der Waals surface area contributed by atoms with Gasteiger partial charge in [0, 0.05) is 5.56 Å². The Morgan fingerprint density at radius 1 is 1.50 bits per heavy atom. The Kier molecular flexibility index (Phi) is 4.48. The Bertz CT molecular complexity index is 410. The largest absolute Gasteiger partial charge is 0.496 e. The van der Waals surface area contributed by atoms with Crippen molar-refractivity contribution in [2.24, 2.45) is 4.99 Å². The number of nitrogens with zero attached hydrogens (tertiary/aromatic N) is 1. The predicted octanol–water partition coefficient (Wildman–Crippen LogP) is 2.50. The molecule has 0 aliphatic heterocycles. The number of ether oxygens (including phenoxy) is 1. The molecule has 3 nitrogen and oxygen atoms in total. The van der Waals surface area contributed by atoms with Crippen molar-refractivity contribution in [1.29, 1.82) is 0 Å². The number of hydrogen-bond donors (Lipinski definition) is 1. The molecule has 1 N–H and O–H groups in total. The number of para-hydroxylation sites is 1.